The summed E-state index contributed by atoms with van der Waals surface area (Å²) in [5.74, 6) is -1.18. The van der Waals surface area contributed by atoms with E-state index in [1.54, 1.807) is 6.07 Å². The number of carbonyl (C=O) groups excluding carboxylic acids is 2. The standard InChI is InChI=1S/C11H14Cl2N2O2S/c1-11(2,3)6-4-5(7(18-6)9(14)16)15-10(17)8(12)13/h4,8H,1-3H3,(H2,14,16)(H,15,17). The number of halogens is 2. The first-order valence-electron chi connectivity index (χ1n) is 5.16. The molecule has 0 aromatic carbocycles. The van der Waals surface area contributed by atoms with E-state index in [1.165, 1.54) is 11.3 Å². The van der Waals surface area contributed by atoms with E-state index in [1.807, 2.05) is 20.8 Å². The van der Waals surface area contributed by atoms with Gasteiger partial charge in [0.05, 0.1) is 5.69 Å². The summed E-state index contributed by atoms with van der Waals surface area (Å²) in [7, 11) is 0. The lowest BCUT2D eigenvalue weighted by Crippen LogP contribution is -2.20. The molecule has 0 atom stereocenters. The summed E-state index contributed by atoms with van der Waals surface area (Å²) in [6, 6.07) is 1.72. The Labute approximate surface area is 119 Å². The Morgan fingerprint density at radius 1 is 1.39 bits per heavy atom. The molecule has 1 heterocycles. The van der Waals surface area contributed by atoms with E-state index in [0.717, 1.165) is 4.88 Å². The number of nitrogens with two attached hydrogens (primary N) is 1. The second-order valence-electron chi connectivity index (χ2n) is 4.76. The SMILES string of the molecule is CC(C)(C)c1cc(NC(=O)C(Cl)Cl)c(C(N)=O)s1. The number of hydrogen-bond acceptors (Lipinski definition) is 3. The molecule has 0 aliphatic carbocycles. The Morgan fingerprint density at radius 2 is 1.94 bits per heavy atom. The van der Waals surface area contributed by atoms with E-state index >= 15 is 0 Å². The molecule has 2 amide bonds. The van der Waals surface area contributed by atoms with Crippen LogP contribution in [0.1, 0.15) is 35.3 Å². The van der Waals surface area contributed by atoms with Crippen LogP contribution in [0, 0.1) is 0 Å². The molecule has 7 heteroatoms. The molecule has 0 unspecified atom stereocenters. The van der Waals surface area contributed by atoms with Gasteiger partial charge in [0.25, 0.3) is 11.8 Å². The quantitative estimate of drug-likeness (QED) is 0.843. The van der Waals surface area contributed by atoms with Crippen LogP contribution in [0.5, 0.6) is 0 Å². The van der Waals surface area contributed by atoms with Crippen molar-refractivity contribution in [3.8, 4) is 0 Å². The van der Waals surface area contributed by atoms with Crippen LogP contribution in [-0.4, -0.2) is 16.7 Å². The maximum Gasteiger partial charge on any atom is 0.260 e. The van der Waals surface area contributed by atoms with Crippen LogP contribution in [0.2, 0.25) is 0 Å². The van der Waals surface area contributed by atoms with Crippen molar-refractivity contribution in [2.45, 2.75) is 31.0 Å². The molecular formula is C11H14Cl2N2O2S. The maximum absolute atomic E-state index is 11.4. The number of carbonyl (C=O) groups is 2. The number of alkyl halides is 2. The topological polar surface area (TPSA) is 72.2 Å². The van der Waals surface area contributed by atoms with Gasteiger partial charge in [-0.3, -0.25) is 9.59 Å². The molecule has 1 rings (SSSR count). The normalized spacial score (nSPS) is 11.7. The van der Waals surface area contributed by atoms with Crippen LogP contribution in [0.15, 0.2) is 6.07 Å². The molecule has 3 N–H and O–H groups in total. The van der Waals surface area contributed by atoms with Crippen molar-refractivity contribution in [1.82, 2.24) is 0 Å². The van der Waals surface area contributed by atoms with Crippen LogP contribution in [0.25, 0.3) is 0 Å². The van der Waals surface area contributed by atoms with Crippen molar-refractivity contribution in [2.24, 2.45) is 5.73 Å². The van der Waals surface area contributed by atoms with Gasteiger partial charge < -0.3 is 11.1 Å². The highest BCUT2D eigenvalue weighted by molar-refractivity contribution is 7.14. The van der Waals surface area contributed by atoms with Gasteiger partial charge in [0.2, 0.25) is 0 Å². The molecule has 0 saturated carbocycles. The lowest BCUT2D eigenvalue weighted by atomic mass is 9.94. The molecule has 0 saturated heterocycles. The number of amides is 2. The molecule has 0 aliphatic rings. The summed E-state index contributed by atoms with van der Waals surface area (Å²) >= 11 is 12.1. The largest absolute Gasteiger partial charge is 0.365 e. The number of thiophene rings is 1. The first kappa shape index (κ1) is 15.3. The van der Waals surface area contributed by atoms with Crippen molar-refractivity contribution in [3.05, 3.63) is 15.8 Å². The average Bonchev–Trinajstić information content (AvgIpc) is 2.60. The zero-order valence-electron chi connectivity index (χ0n) is 10.2. The fourth-order valence-electron chi connectivity index (χ4n) is 1.22. The van der Waals surface area contributed by atoms with Crippen molar-refractivity contribution < 1.29 is 9.59 Å². The van der Waals surface area contributed by atoms with Crippen LogP contribution in [0.4, 0.5) is 5.69 Å². The van der Waals surface area contributed by atoms with Crippen molar-refractivity contribution in [2.75, 3.05) is 5.32 Å². The zero-order valence-corrected chi connectivity index (χ0v) is 12.5. The van der Waals surface area contributed by atoms with Gasteiger partial charge in [0.15, 0.2) is 4.84 Å². The van der Waals surface area contributed by atoms with Crippen LogP contribution < -0.4 is 11.1 Å². The van der Waals surface area contributed by atoms with Crippen molar-refractivity contribution in [1.29, 1.82) is 0 Å². The third kappa shape index (κ3) is 3.60. The van der Waals surface area contributed by atoms with Gasteiger partial charge in [0.1, 0.15) is 4.88 Å². The van der Waals surface area contributed by atoms with Crippen LogP contribution in [0.3, 0.4) is 0 Å². The summed E-state index contributed by atoms with van der Waals surface area (Å²) in [5, 5.41) is 2.49. The highest BCUT2D eigenvalue weighted by atomic mass is 35.5. The Morgan fingerprint density at radius 3 is 2.33 bits per heavy atom. The smallest absolute Gasteiger partial charge is 0.260 e. The molecule has 0 radical (unpaired) electrons. The van der Waals surface area contributed by atoms with Gasteiger partial charge in [-0.15, -0.1) is 11.3 Å². The van der Waals surface area contributed by atoms with E-state index in [0.29, 0.717) is 10.6 Å². The van der Waals surface area contributed by atoms with Crippen LogP contribution in [-0.2, 0) is 10.2 Å². The molecule has 1 aromatic rings. The molecule has 0 aliphatic heterocycles. The molecule has 0 fully saturated rings. The lowest BCUT2D eigenvalue weighted by molar-refractivity contribution is -0.114. The van der Waals surface area contributed by atoms with Crippen LogP contribution >= 0.6 is 34.5 Å². The first-order chi connectivity index (χ1) is 8.12. The molecule has 0 spiro atoms. The Bertz CT molecular complexity index is 478. The Balaban J connectivity index is 3.14. The van der Waals surface area contributed by atoms with Gasteiger partial charge >= 0.3 is 0 Å². The minimum absolute atomic E-state index is 0.140. The van der Waals surface area contributed by atoms with E-state index in [4.69, 9.17) is 28.9 Å². The van der Waals surface area contributed by atoms with E-state index in [2.05, 4.69) is 5.32 Å². The molecule has 1 aromatic heterocycles. The number of nitrogens with one attached hydrogen (secondary N) is 1. The monoisotopic (exact) mass is 308 g/mol. The Hall–Kier alpha value is -0.780. The highest BCUT2D eigenvalue weighted by Crippen LogP contribution is 2.35. The third-order valence-corrected chi connectivity index (χ3v) is 4.12. The number of primary amides is 1. The number of hydrogen-bond donors (Lipinski definition) is 2. The molecule has 18 heavy (non-hydrogen) atoms. The molecule has 0 bridgehead atoms. The fourth-order valence-corrected chi connectivity index (χ4v) is 2.36. The zero-order chi connectivity index (χ0) is 14.1. The maximum atomic E-state index is 11.4. The predicted octanol–water partition coefficient (Wildman–Crippen LogP) is 2.89. The third-order valence-electron chi connectivity index (χ3n) is 2.15. The number of rotatable bonds is 3. The average molecular weight is 309 g/mol. The molecular weight excluding hydrogens is 295 g/mol. The van der Waals surface area contributed by atoms with Crippen molar-refractivity contribution in [3.63, 3.8) is 0 Å². The van der Waals surface area contributed by atoms with Gasteiger partial charge in [0, 0.05) is 4.88 Å². The van der Waals surface area contributed by atoms with E-state index in [9.17, 15) is 9.59 Å². The van der Waals surface area contributed by atoms with Gasteiger partial charge in [-0.25, -0.2) is 0 Å². The minimum atomic E-state index is -1.19. The molecule has 4 nitrogen and oxygen atoms in total. The summed E-state index contributed by atoms with van der Waals surface area (Å²) in [5.41, 5.74) is 5.49. The number of anilines is 1. The summed E-state index contributed by atoms with van der Waals surface area (Å²) < 4.78 is 0. The fraction of sp³-hybridized carbons (Fsp3) is 0.455. The summed E-state index contributed by atoms with van der Waals surface area (Å²) in [6.45, 7) is 6.00. The summed E-state index contributed by atoms with van der Waals surface area (Å²) in [6.07, 6.45) is 0. The van der Waals surface area contributed by atoms with E-state index in [-0.39, 0.29) is 5.41 Å². The minimum Gasteiger partial charge on any atom is -0.365 e. The lowest BCUT2D eigenvalue weighted by Gasteiger charge is -2.15. The predicted molar refractivity (Wildman–Crippen MR) is 75.7 cm³/mol. The molecule has 100 valence electrons. The highest BCUT2D eigenvalue weighted by Gasteiger charge is 2.23. The second kappa shape index (κ2) is 5.47. The van der Waals surface area contributed by atoms with Gasteiger partial charge in [-0.05, 0) is 11.5 Å². The summed E-state index contributed by atoms with van der Waals surface area (Å²) in [4.78, 5) is 22.8. The first-order valence-corrected chi connectivity index (χ1v) is 6.85. The van der Waals surface area contributed by atoms with E-state index < -0.39 is 16.7 Å². The van der Waals surface area contributed by atoms with Crippen molar-refractivity contribution >= 4 is 52.0 Å². The Kier molecular flexibility index (Phi) is 4.64. The second-order valence-corrected chi connectivity index (χ2v) is 6.91. The van der Waals surface area contributed by atoms with Gasteiger partial charge in [-0.2, -0.15) is 0 Å². The van der Waals surface area contributed by atoms with Gasteiger partial charge in [-0.1, -0.05) is 44.0 Å².